The second-order valence-corrected chi connectivity index (χ2v) is 4.19. The number of nitro groups is 1. The van der Waals surface area contributed by atoms with Crippen LogP contribution < -0.4 is 10.6 Å². The summed E-state index contributed by atoms with van der Waals surface area (Å²) in [5, 5.41) is 15.7. The average Bonchev–Trinajstić information content (AvgIpc) is 2.48. The standard InChI is InChI=1S/C14H12FN3O3/c15-12-3-1-2-4-13(12)17-14(19)9-16-10-5-7-11(8-6-10)18(20)21/h1-8,16H,9H2,(H,17,19). The number of amides is 1. The Morgan fingerprint density at radius 3 is 2.43 bits per heavy atom. The van der Waals surface area contributed by atoms with Crippen molar-refractivity contribution in [2.45, 2.75) is 0 Å². The molecule has 0 aromatic heterocycles. The zero-order chi connectivity index (χ0) is 15.2. The van der Waals surface area contributed by atoms with E-state index in [2.05, 4.69) is 10.6 Å². The first-order valence-electron chi connectivity index (χ1n) is 6.09. The molecule has 0 heterocycles. The number of non-ortho nitro benzene ring substituents is 1. The fourth-order valence-corrected chi connectivity index (χ4v) is 1.64. The number of para-hydroxylation sites is 1. The van der Waals surface area contributed by atoms with Gasteiger partial charge in [0.1, 0.15) is 5.82 Å². The molecule has 0 unspecified atom stereocenters. The third-order valence-electron chi connectivity index (χ3n) is 2.68. The molecule has 0 aliphatic heterocycles. The van der Waals surface area contributed by atoms with Crippen molar-refractivity contribution in [3.63, 3.8) is 0 Å². The van der Waals surface area contributed by atoms with Gasteiger partial charge in [-0.3, -0.25) is 14.9 Å². The van der Waals surface area contributed by atoms with E-state index < -0.39 is 16.6 Å². The molecule has 0 saturated carbocycles. The number of hydrogen-bond acceptors (Lipinski definition) is 4. The summed E-state index contributed by atoms with van der Waals surface area (Å²) in [6.45, 7) is -0.0772. The molecule has 2 aromatic carbocycles. The summed E-state index contributed by atoms with van der Waals surface area (Å²) in [6, 6.07) is 11.5. The minimum absolute atomic E-state index is 0.0311. The van der Waals surface area contributed by atoms with Crippen LogP contribution in [0.1, 0.15) is 0 Å². The van der Waals surface area contributed by atoms with E-state index in [9.17, 15) is 19.3 Å². The normalized spacial score (nSPS) is 9.95. The van der Waals surface area contributed by atoms with Gasteiger partial charge in [-0.05, 0) is 24.3 Å². The van der Waals surface area contributed by atoms with Gasteiger partial charge in [-0.15, -0.1) is 0 Å². The van der Waals surface area contributed by atoms with Crippen LogP contribution in [0.5, 0.6) is 0 Å². The molecule has 0 aliphatic rings. The van der Waals surface area contributed by atoms with Gasteiger partial charge in [-0.25, -0.2) is 4.39 Å². The van der Waals surface area contributed by atoms with Crippen molar-refractivity contribution in [3.8, 4) is 0 Å². The smallest absolute Gasteiger partial charge is 0.269 e. The highest BCUT2D eigenvalue weighted by atomic mass is 19.1. The number of anilines is 2. The monoisotopic (exact) mass is 289 g/mol. The Kier molecular flexibility index (Phi) is 4.45. The largest absolute Gasteiger partial charge is 0.376 e. The van der Waals surface area contributed by atoms with Gasteiger partial charge in [0.05, 0.1) is 17.2 Å². The molecule has 0 atom stereocenters. The van der Waals surface area contributed by atoms with Gasteiger partial charge in [0.25, 0.3) is 5.69 Å². The van der Waals surface area contributed by atoms with Gasteiger partial charge in [0.2, 0.25) is 5.91 Å². The predicted octanol–water partition coefficient (Wildman–Crippen LogP) is 2.78. The van der Waals surface area contributed by atoms with Crippen molar-refractivity contribution in [2.75, 3.05) is 17.2 Å². The lowest BCUT2D eigenvalue weighted by Crippen LogP contribution is -2.22. The van der Waals surface area contributed by atoms with Crippen molar-refractivity contribution < 1.29 is 14.1 Å². The molecule has 1 amide bonds. The fourth-order valence-electron chi connectivity index (χ4n) is 1.64. The van der Waals surface area contributed by atoms with Gasteiger partial charge in [-0.2, -0.15) is 0 Å². The summed E-state index contributed by atoms with van der Waals surface area (Å²) in [5.41, 5.74) is 0.633. The van der Waals surface area contributed by atoms with Gasteiger partial charge < -0.3 is 10.6 Å². The number of halogens is 1. The molecule has 6 nitrogen and oxygen atoms in total. The Hall–Kier alpha value is -2.96. The maximum atomic E-state index is 13.3. The van der Waals surface area contributed by atoms with Crippen molar-refractivity contribution in [3.05, 3.63) is 64.5 Å². The Labute approximate surface area is 119 Å². The third-order valence-corrected chi connectivity index (χ3v) is 2.68. The van der Waals surface area contributed by atoms with E-state index >= 15 is 0 Å². The van der Waals surface area contributed by atoms with E-state index in [-0.39, 0.29) is 17.9 Å². The van der Waals surface area contributed by atoms with E-state index in [1.807, 2.05) is 0 Å². The van der Waals surface area contributed by atoms with Gasteiger partial charge in [-0.1, -0.05) is 12.1 Å². The first-order chi connectivity index (χ1) is 10.1. The number of rotatable bonds is 5. The first kappa shape index (κ1) is 14.4. The van der Waals surface area contributed by atoms with Crippen LogP contribution in [0.4, 0.5) is 21.5 Å². The third kappa shape index (κ3) is 4.00. The summed E-state index contributed by atoms with van der Waals surface area (Å²) >= 11 is 0. The van der Waals surface area contributed by atoms with Gasteiger partial charge in [0, 0.05) is 17.8 Å². The summed E-state index contributed by atoms with van der Waals surface area (Å²) < 4.78 is 13.3. The molecule has 21 heavy (non-hydrogen) atoms. The molecule has 0 fully saturated rings. The minimum atomic E-state index is -0.513. The number of benzene rings is 2. The Balaban J connectivity index is 1.89. The molecular weight excluding hydrogens is 277 g/mol. The molecule has 7 heteroatoms. The quantitative estimate of drug-likeness (QED) is 0.654. The highest BCUT2D eigenvalue weighted by molar-refractivity contribution is 5.93. The van der Waals surface area contributed by atoms with E-state index in [1.54, 1.807) is 6.07 Å². The maximum absolute atomic E-state index is 13.3. The number of nitrogens with zero attached hydrogens (tertiary/aromatic N) is 1. The number of nitro benzene ring substituents is 1. The van der Waals surface area contributed by atoms with Crippen LogP contribution in [-0.2, 0) is 4.79 Å². The number of carbonyl (C=O) groups is 1. The topological polar surface area (TPSA) is 84.3 Å². The summed E-state index contributed by atoms with van der Waals surface area (Å²) in [7, 11) is 0. The number of nitrogens with one attached hydrogen (secondary N) is 2. The molecule has 2 rings (SSSR count). The molecule has 0 bridgehead atoms. The van der Waals surface area contributed by atoms with Crippen LogP contribution in [-0.4, -0.2) is 17.4 Å². The van der Waals surface area contributed by atoms with Crippen LogP contribution in [0.3, 0.4) is 0 Å². The summed E-state index contributed by atoms with van der Waals surface area (Å²) in [4.78, 5) is 21.7. The molecule has 2 aromatic rings. The lowest BCUT2D eigenvalue weighted by atomic mass is 10.3. The van der Waals surface area contributed by atoms with Crippen molar-refractivity contribution in [2.24, 2.45) is 0 Å². The Morgan fingerprint density at radius 2 is 1.81 bits per heavy atom. The second kappa shape index (κ2) is 6.47. The molecule has 0 spiro atoms. The molecule has 108 valence electrons. The van der Waals surface area contributed by atoms with Crippen molar-refractivity contribution >= 4 is 23.0 Å². The van der Waals surface area contributed by atoms with Crippen LogP contribution in [0.15, 0.2) is 48.5 Å². The summed E-state index contributed by atoms with van der Waals surface area (Å²) in [5.74, 6) is -0.931. The Morgan fingerprint density at radius 1 is 1.14 bits per heavy atom. The molecule has 2 N–H and O–H groups in total. The first-order valence-corrected chi connectivity index (χ1v) is 6.09. The van der Waals surface area contributed by atoms with Crippen molar-refractivity contribution in [1.29, 1.82) is 0 Å². The van der Waals surface area contributed by atoms with Crippen LogP contribution >= 0.6 is 0 Å². The zero-order valence-corrected chi connectivity index (χ0v) is 10.9. The van der Waals surface area contributed by atoms with Crippen LogP contribution in [0, 0.1) is 15.9 Å². The van der Waals surface area contributed by atoms with E-state index in [0.717, 1.165) is 0 Å². The number of carbonyl (C=O) groups excluding carboxylic acids is 1. The Bertz CT molecular complexity index is 659. The van der Waals surface area contributed by atoms with Crippen LogP contribution in [0.25, 0.3) is 0 Å². The molecule has 0 saturated heterocycles. The second-order valence-electron chi connectivity index (χ2n) is 4.19. The predicted molar refractivity (Wildman–Crippen MR) is 76.6 cm³/mol. The zero-order valence-electron chi connectivity index (χ0n) is 10.9. The van der Waals surface area contributed by atoms with Gasteiger partial charge >= 0.3 is 0 Å². The lowest BCUT2D eigenvalue weighted by molar-refractivity contribution is -0.384. The van der Waals surface area contributed by atoms with Crippen LogP contribution in [0.2, 0.25) is 0 Å². The molecular formula is C14H12FN3O3. The highest BCUT2D eigenvalue weighted by Gasteiger charge is 2.07. The average molecular weight is 289 g/mol. The van der Waals surface area contributed by atoms with E-state index in [1.165, 1.54) is 42.5 Å². The van der Waals surface area contributed by atoms with E-state index in [4.69, 9.17) is 0 Å². The lowest BCUT2D eigenvalue weighted by Gasteiger charge is -2.08. The van der Waals surface area contributed by atoms with E-state index in [0.29, 0.717) is 5.69 Å². The summed E-state index contributed by atoms with van der Waals surface area (Å²) in [6.07, 6.45) is 0. The highest BCUT2D eigenvalue weighted by Crippen LogP contribution is 2.15. The maximum Gasteiger partial charge on any atom is 0.269 e. The minimum Gasteiger partial charge on any atom is -0.376 e. The van der Waals surface area contributed by atoms with Crippen molar-refractivity contribution in [1.82, 2.24) is 0 Å². The van der Waals surface area contributed by atoms with Gasteiger partial charge in [0.15, 0.2) is 0 Å². The molecule has 0 radical (unpaired) electrons. The molecule has 0 aliphatic carbocycles. The number of hydrogen-bond donors (Lipinski definition) is 2. The SMILES string of the molecule is O=C(CNc1ccc([N+](=O)[O-])cc1)Nc1ccccc1F. The fraction of sp³-hybridized carbons (Fsp3) is 0.0714.